The van der Waals surface area contributed by atoms with Crippen molar-refractivity contribution in [2.24, 2.45) is 0 Å². The molecule has 16 heavy (non-hydrogen) atoms. The summed E-state index contributed by atoms with van der Waals surface area (Å²) in [6.07, 6.45) is 1.39. The summed E-state index contributed by atoms with van der Waals surface area (Å²) in [4.78, 5) is 3.69. The van der Waals surface area contributed by atoms with Crippen LogP contribution in [0.5, 0.6) is 11.6 Å². The molecular weight excluding hydrogens is 214 g/mol. The number of nitrogens with two attached hydrogens (primary N) is 1. The van der Waals surface area contributed by atoms with Crippen LogP contribution in [0.15, 0.2) is 36.5 Å². The van der Waals surface area contributed by atoms with Gasteiger partial charge in [-0.05, 0) is 24.3 Å². The van der Waals surface area contributed by atoms with Gasteiger partial charge in [-0.15, -0.1) is 0 Å². The number of benzene rings is 1. The molecule has 0 saturated heterocycles. The third kappa shape index (κ3) is 2.08. The minimum absolute atomic E-state index is 0.0880. The number of hydrogen-bond acceptors (Lipinski definition) is 3. The van der Waals surface area contributed by atoms with E-state index in [1.807, 2.05) is 0 Å². The molecule has 82 valence electrons. The summed E-state index contributed by atoms with van der Waals surface area (Å²) in [5.41, 5.74) is 5.59. The number of hydrogen-bond donors (Lipinski definition) is 1. The van der Waals surface area contributed by atoms with Gasteiger partial charge < -0.3 is 10.5 Å². The lowest BCUT2D eigenvalue weighted by molar-refractivity contribution is 0.423. The van der Waals surface area contributed by atoms with Crippen LogP contribution in [0, 0.1) is 11.6 Å². The highest BCUT2D eigenvalue weighted by atomic mass is 19.1. The second-order valence-corrected chi connectivity index (χ2v) is 3.07. The SMILES string of the molecule is Nc1cc(F)ccc1Oc1ncccc1F. The Morgan fingerprint density at radius 3 is 2.69 bits per heavy atom. The van der Waals surface area contributed by atoms with Crippen LogP contribution in [0.4, 0.5) is 14.5 Å². The molecule has 0 unspecified atom stereocenters. The summed E-state index contributed by atoms with van der Waals surface area (Å²) < 4.78 is 31.0. The predicted molar refractivity (Wildman–Crippen MR) is 55.1 cm³/mol. The molecule has 0 aliphatic carbocycles. The third-order valence-electron chi connectivity index (χ3n) is 1.90. The van der Waals surface area contributed by atoms with Crippen molar-refractivity contribution in [1.29, 1.82) is 0 Å². The molecule has 0 fully saturated rings. The van der Waals surface area contributed by atoms with Gasteiger partial charge in [0.05, 0.1) is 5.69 Å². The smallest absolute Gasteiger partial charge is 0.255 e. The van der Waals surface area contributed by atoms with Crippen molar-refractivity contribution in [3.63, 3.8) is 0 Å². The van der Waals surface area contributed by atoms with Gasteiger partial charge in [0.15, 0.2) is 11.6 Å². The number of aromatic nitrogens is 1. The molecule has 0 bridgehead atoms. The highest BCUT2D eigenvalue weighted by molar-refractivity contribution is 5.53. The largest absolute Gasteiger partial charge is 0.434 e. The fourth-order valence-electron chi connectivity index (χ4n) is 1.16. The summed E-state index contributed by atoms with van der Waals surface area (Å²) in [5, 5.41) is 0. The van der Waals surface area contributed by atoms with E-state index < -0.39 is 11.6 Å². The number of halogens is 2. The average Bonchev–Trinajstić information content (AvgIpc) is 2.25. The van der Waals surface area contributed by atoms with Gasteiger partial charge in [-0.2, -0.15) is 0 Å². The van der Waals surface area contributed by atoms with Crippen LogP contribution in [-0.2, 0) is 0 Å². The lowest BCUT2D eigenvalue weighted by Gasteiger charge is -2.07. The van der Waals surface area contributed by atoms with E-state index in [0.717, 1.165) is 6.07 Å². The van der Waals surface area contributed by atoms with E-state index >= 15 is 0 Å². The molecule has 0 spiro atoms. The standard InChI is InChI=1S/C11H8F2N2O/c12-7-3-4-10(9(14)6-7)16-11-8(13)2-1-5-15-11/h1-6H,14H2. The van der Waals surface area contributed by atoms with Gasteiger partial charge in [0, 0.05) is 12.3 Å². The molecule has 2 N–H and O–H groups in total. The van der Waals surface area contributed by atoms with Crippen molar-refractivity contribution in [2.45, 2.75) is 0 Å². The second-order valence-electron chi connectivity index (χ2n) is 3.07. The van der Waals surface area contributed by atoms with Crippen LogP contribution in [0.1, 0.15) is 0 Å². The number of nitrogen functional groups attached to an aromatic ring is 1. The topological polar surface area (TPSA) is 48.1 Å². The van der Waals surface area contributed by atoms with Crippen LogP contribution in [0.25, 0.3) is 0 Å². The van der Waals surface area contributed by atoms with Crippen LogP contribution in [0.2, 0.25) is 0 Å². The van der Waals surface area contributed by atoms with Crippen molar-refractivity contribution < 1.29 is 13.5 Å². The minimum Gasteiger partial charge on any atom is -0.434 e. The van der Waals surface area contributed by atoms with E-state index in [2.05, 4.69) is 4.98 Å². The Hall–Kier alpha value is -2.17. The molecule has 2 aromatic rings. The second kappa shape index (κ2) is 4.14. The zero-order valence-corrected chi connectivity index (χ0v) is 8.15. The lowest BCUT2D eigenvalue weighted by atomic mass is 10.3. The molecule has 0 radical (unpaired) electrons. The van der Waals surface area contributed by atoms with Crippen molar-refractivity contribution >= 4 is 5.69 Å². The lowest BCUT2D eigenvalue weighted by Crippen LogP contribution is -1.96. The molecule has 1 heterocycles. The molecule has 3 nitrogen and oxygen atoms in total. The van der Waals surface area contributed by atoms with Gasteiger partial charge in [-0.1, -0.05) is 0 Å². The fraction of sp³-hybridized carbons (Fsp3) is 0. The van der Waals surface area contributed by atoms with Crippen molar-refractivity contribution in [2.75, 3.05) is 5.73 Å². The van der Waals surface area contributed by atoms with Crippen molar-refractivity contribution in [3.05, 3.63) is 48.2 Å². The summed E-state index contributed by atoms with van der Waals surface area (Å²) in [6, 6.07) is 6.24. The first-order valence-corrected chi connectivity index (χ1v) is 4.50. The van der Waals surface area contributed by atoms with Gasteiger partial charge in [-0.25, -0.2) is 13.8 Å². The Morgan fingerprint density at radius 1 is 1.19 bits per heavy atom. The van der Waals surface area contributed by atoms with Gasteiger partial charge in [0.1, 0.15) is 5.82 Å². The fourth-order valence-corrected chi connectivity index (χ4v) is 1.16. The first-order chi connectivity index (χ1) is 7.66. The number of nitrogens with zero attached hydrogens (tertiary/aromatic N) is 1. The molecule has 0 amide bonds. The Balaban J connectivity index is 2.31. The number of pyridine rings is 1. The molecule has 1 aromatic carbocycles. The first-order valence-electron chi connectivity index (χ1n) is 4.50. The van der Waals surface area contributed by atoms with Crippen LogP contribution in [0.3, 0.4) is 0 Å². The Morgan fingerprint density at radius 2 is 2.00 bits per heavy atom. The van der Waals surface area contributed by atoms with Crippen LogP contribution in [-0.4, -0.2) is 4.98 Å². The first kappa shape index (κ1) is 10.4. The maximum atomic E-state index is 13.2. The zero-order chi connectivity index (χ0) is 11.5. The molecule has 0 aliphatic rings. The molecule has 1 aromatic heterocycles. The maximum Gasteiger partial charge on any atom is 0.255 e. The van der Waals surface area contributed by atoms with Gasteiger partial charge in [0.25, 0.3) is 5.88 Å². The third-order valence-corrected chi connectivity index (χ3v) is 1.90. The monoisotopic (exact) mass is 222 g/mol. The Kier molecular flexibility index (Phi) is 2.68. The summed E-state index contributed by atoms with van der Waals surface area (Å²) in [5.74, 6) is -1.11. The molecule has 0 atom stereocenters. The van der Waals surface area contributed by atoms with E-state index in [0.29, 0.717) is 0 Å². The van der Waals surface area contributed by atoms with Gasteiger partial charge in [0.2, 0.25) is 0 Å². The molecular formula is C11H8F2N2O. The van der Waals surface area contributed by atoms with E-state index in [1.54, 1.807) is 0 Å². The molecule has 2 rings (SSSR count). The molecule has 0 aliphatic heterocycles. The number of anilines is 1. The zero-order valence-electron chi connectivity index (χ0n) is 8.15. The molecule has 5 heteroatoms. The summed E-state index contributed by atoms with van der Waals surface area (Å²) in [7, 11) is 0. The Labute approximate surface area is 90.5 Å². The van der Waals surface area contributed by atoms with E-state index in [-0.39, 0.29) is 17.3 Å². The highest BCUT2D eigenvalue weighted by Gasteiger charge is 2.08. The molecule has 0 saturated carbocycles. The predicted octanol–water partition coefficient (Wildman–Crippen LogP) is 2.73. The number of rotatable bonds is 2. The van der Waals surface area contributed by atoms with Gasteiger partial charge >= 0.3 is 0 Å². The maximum absolute atomic E-state index is 13.2. The normalized spacial score (nSPS) is 10.1. The van der Waals surface area contributed by atoms with E-state index in [1.165, 1.54) is 30.5 Å². The van der Waals surface area contributed by atoms with E-state index in [9.17, 15) is 8.78 Å². The highest BCUT2D eigenvalue weighted by Crippen LogP contribution is 2.27. The van der Waals surface area contributed by atoms with Crippen LogP contribution < -0.4 is 10.5 Å². The van der Waals surface area contributed by atoms with Crippen molar-refractivity contribution in [3.8, 4) is 11.6 Å². The van der Waals surface area contributed by atoms with Gasteiger partial charge in [-0.3, -0.25) is 0 Å². The Bertz CT molecular complexity index is 517. The minimum atomic E-state index is -0.605. The quantitative estimate of drug-likeness (QED) is 0.795. The summed E-state index contributed by atoms with van der Waals surface area (Å²) >= 11 is 0. The van der Waals surface area contributed by atoms with E-state index in [4.69, 9.17) is 10.5 Å². The number of ether oxygens (including phenoxy) is 1. The average molecular weight is 222 g/mol. The van der Waals surface area contributed by atoms with Crippen molar-refractivity contribution in [1.82, 2.24) is 4.98 Å². The van der Waals surface area contributed by atoms with Crippen LogP contribution >= 0.6 is 0 Å². The summed E-state index contributed by atoms with van der Waals surface area (Å²) in [6.45, 7) is 0.